The van der Waals surface area contributed by atoms with E-state index in [-0.39, 0.29) is 0 Å². The van der Waals surface area contributed by atoms with Gasteiger partial charge in [-0.25, -0.2) is 18.3 Å². The van der Waals surface area contributed by atoms with Crippen molar-refractivity contribution in [1.82, 2.24) is 0 Å². The summed E-state index contributed by atoms with van der Waals surface area (Å²) in [4.78, 5) is 86.2. The van der Waals surface area contributed by atoms with Crippen molar-refractivity contribution in [2.45, 2.75) is 0 Å². The summed E-state index contributed by atoms with van der Waals surface area (Å²) in [6, 6.07) is 35.6. The molecule has 6 aromatic carbocycles. The van der Waals surface area contributed by atoms with Crippen molar-refractivity contribution in [3.8, 4) is 0 Å². The number of benzene rings is 6. The number of phosphoric acid groups is 4. The van der Waals surface area contributed by atoms with Crippen LogP contribution in [0.15, 0.2) is 97.1 Å². The Bertz CT molecular complexity index is 2040. The van der Waals surface area contributed by atoms with Gasteiger partial charge in [0.05, 0.1) is 0 Å². The van der Waals surface area contributed by atoms with Crippen molar-refractivity contribution in [1.29, 1.82) is 0 Å². The van der Waals surface area contributed by atoms with E-state index in [1.807, 2.05) is 0 Å². The summed E-state index contributed by atoms with van der Waals surface area (Å²) in [6.45, 7) is 0. The zero-order valence-electron chi connectivity index (χ0n) is 23.0. The zero-order valence-corrected chi connectivity index (χ0v) is 26.6. The number of hydrogen-bond acceptors (Lipinski definition) is 4. The van der Waals surface area contributed by atoms with Gasteiger partial charge in [0.2, 0.25) is 0 Å². The molecule has 0 spiro atoms. The predicted molar refractivity (Wildman–Crippen MR) is 171 cm³/mol. The van der Waals surface area contributed by atoms with Gasteiger partial charge in [-0.3, -0.25) is 0 Å². The van der Waals surface area contributed by atoms with Crippen molar-refractivity contribution in [3.05, 3.63) is 97.1 Å². The van der Waals surface area contributed by atoms with Crippen LogP contribution in [0, 0.1) is 0 Å². The number of rotatable bonds is 0. The number of hydrogen-bond donors (Lipinski definition) is 12. The maximum absolute atomic E-state index is 8.88. The number of fused-ring (bicyclic) bond motifs is 6. The van der Waals surface area contributed by atoms with Crippen LogP contribution in [0.4, 0.5) is 0 Å². The molecule has 248 valence electrons. The van der Waals surface area contributed by atoms with E-state index < -0.39 is 31.3 Å². The fourth-order valence-corrected chi connectivity index (χ4v) is 4.19. The highest BCUT2D eigenvalue weighted by Gasteiger charge is 2.06. The van der Waals surface area contributed by atoms with E-state index in [2.05, 4.69) is 97.1 Å². The molecule has 20 heteroatoms. The lowest BCUT2D eigenvalue weighted by molar-refractivity contribution is 0.272. The summed E-state index contributed by atoms with van der Waals surface area (Å²) < 4.78 is 35.5. The van der Waals surface area contributed by atoms with Crippen LogP contribution >= 0.6 is 31.3 Å². The molecular formula is C26H28O16P4. The van der Waals surface area contributed by atoms with Gasteiger partial charge in [0, 0.05) is 0 Å². The Labute approximate surface area is 259 Å². The second-order valence-corrected chi connectivity index (χ2v) is 13.3. The van der Waals surface area contributed by atoms with Crippen LogP contribution in [-0.4, -0.2) is 58.7 Å². The average molecular weight is 720 g/mol. The zero-order chi connectivity index (χ0) is 35.1. The molecular weight excluding hydrogens is 692 g/mol. The van der Waals surface area contributed by atoms with Gasteiger partial charge >= 0.3 is 31.3 Å². The molecule has 0 aromatic heterocycles. The Morgan fingerprint density at radius 1 is 0.283 bits per heavy atom. The molecule has 0 radical (unpaired) electrons. The van der Waals surface area contributed by atoms with Crippen molar-refractivity contribution in [3.63, 3.8) is 0 Å². The molecule has 46 heavy (non-hydrogen) atoms. The molecule has 0 heterocycles. The third-order valence-electron chi connectivity index (χ3n) is 5.52. The molecule has 0 aliphatic carbocycles. The van der Waals surface area contributed by atoms with Crippen LogP contribution in [0.5, 0.6) is 0 Å². The molecule has 0 amide bonds. The largest absolute Gasteiger partial charge is 0.466 e. The molecule has 0 aliphatic rings. The highest BCUT2D eigenvalue weighted by molar-refractivity contribution is 7.45. The Balaban J connectivity index is 0.000000304. The maximum atomic E-state index is 8.88. The van der Waals surface area contributed by atoms with Crippen molar-refractivity contribution in [2.75, 3.05) is 0 Å². The van der Waals surface area contributed by atoms with Crippen LogP contribution in [0.1, 0.15) is 0 Å². The van der Waals surface area contributed by atoms with Crippen LogP contribution < -0.4 is 0 Å². The molecule has 0 unspecified atom stereocenters. The molecule has 6 aromatic rings. The van der Waals surface area contributed by atoms with Gasteiger partial charge in [0.15, 0.2) is 0 Å². The fourth-order valence-electron chi connectivity index (χ4n) is 4.19. The minimum atomic E-state index is -4.64. The van der Waals surface area contributed by atoms with Gasteiger partial charge in [-0.15, -0.1) is 0 Å². The highest BCUT2D eigenvalue weighted by Crippen LogP contribution is 2.34. The van der Waals surface area contributed by atoms with E-state index in [1.54, 1.807) is 0 Å². The van der Waals surface area contributed by atoms with Gasteiger partial charge in [-0.1, -0.05) is 60.7 Å². The molecule has 0 bridgehead atoms. The Morgan fingerprint density at radius 2 is 0.478 bits per heavy atom. The fraction of sp³-hybridized carbons (Fsp3) is 0. The Hall–Kier alpha value is -2.94. The first kappa shape index (κ1) is 39.2. The Morgan fingerprint density at radius 3 is 0.783 bits per heavy atom. The monoisotopic (exact) mass is 720 g/mol. The summed E-state index contributed by atoms with van der Waals surface area (Å²) in [5, 5.41) is 13.1. The normalized spacial score (nSPS) is 11.8. The summed E-state index contributed by atoms with van der Waals surface area (Å²) >= 11 is 0. The highest BCUT2D eigenvalue weighted by atomic mass is 31.2. The molecule has 6 rings (SSSR count). The van der Waals surface area contributed by atoms with E-state index in [4.69, 9.17) is 77.0 Å². The molecule has 16 nitrogen and oxygen atoms in total. The lowest BCUT2D eigenvalue weighted by Crippen LogP contribution is -1.82. The average Bonchev–Trinajstić information content (AvgIpc) is 2.86. The minimum absolute atomic E-state index is 1.30. The first-order chi connectivity index (χ1) is 20.8. The van der Waals surface area contributed by atoms with E-state index >= 15 is 0 Å². The van der Waals surface area contributed by atoms with Gasteiger partial charge in [0.1, 0.15) is 0 Å². The summed E-state index contributed by atoms with van der Waals surface area (Å²) in [5.74, 6) is 0. The second-order valence-electron chi connectivity index (χ2n) is 9.16. The van der Waals surface area contributed by atoms with E-state index in [0.29, 0.717) is 0 Å². The SMILES string of the molecule is O=P(O)(O)O.O=P(O)(O)O.O=P(O)(O)O.O=P(O)(O)O.c1ccc2cc3cc4c(ccc5cc6ccccc6cc54)cc3cc2c1. The predicted octanol–water partition coefficient (Wildman–Crippen LogP) is 3.74. The topological polar surface area (TPSA) is 311 Å². The molecule has 0 atom stereocenters. The molecule has 0 saturated carbocycles. The molecule has 0 saturated heterocycles. The lowest BCUT2D eigenvalue weighted by atomic mass is 9.95. The Kier molecular flexibility index (Phi) is 13.5. The summed E-state index contributed by atoms with van der Waals surface area (Å²) in [6.07, 6.45) is 0. The standard InChI is InChI=1S/C26H16.4H3O4P/c1-2-7-19-13-24-16-26-22(14-23(24)12-18(19)6-1)10-9-21-11-17-5-3-4-8-20(17)15-25(21)26;4*1-5(2,3)4/h1-16H;4*(H3,1,2,3,4). The summed E-state index contributed by atoms with van der Waals surface area (Å²) in [5.41, 5.74) is 0. The summed E-state index contributed by atoms with van der Waals surface area (Å²) in [7, 11) is -18.6. The third-order valence-corrected chi connectivity index (χ3v) is 5.52. The van der Waals surface area contributed by atoms with Crippen LogP contribution in [0.2, 0.25) is 0 Å². The van der Waals surface area contributed by atoms with E-state index in [9.17, 15) is 0 Å². The molecule has 0 aliphatic heterocycles. The smallest absolute Gasteiger partial charge is 0.303 e. The quantitative estimate of drug-likeness (QED) is 0.0604. The molecule has 12 N–H and O–H groups in total. The van der Waals surface area contributed by atoms with E-state index in [1.165, 1.54) is 53.9 Å². The van der Waals surface area contributed by atoms with Gasteiger partial charge in [0.25, 0.3) is 0 Å². The first-order valence-electron chi connectivity index (χ1n) is 12.2. The van der Waals surface area contributed by atoms with E-state index in [0.717, 1.165) is 0 Å². The maximum Gasteiger partial charge on any atom is 0.466 e. The van der Waals surface area contributed by atoms with Crippen LogP contribution in [0.3, 0.4) is 0 Å². The van der Waals surface area contributed by atoms with Crippen molar-refractivity contribution >= 4 is 85.2 Å². The molecule has 0 fully saturated rings. The third kappa shape index (κ3) is 16.1. The first-order valence-corrected chi connectivity index (χ1v) is 18.4. The van der Waals surface area contributed by atoms with Crippen molar-refractivity contribution < 1.29 is 77.0 Å². The lowest BCUT2D eigenvalue weighted by Gasteiger charge is -2.09. The minimum Gasteiger partial charge on any atom is -0.303 e. The van der Waals surface area contributed by atoms with Crippen molar-refractivity contribution in [2.24, 2.45) is 0 Å². The van der Waals surface area contributed by atoms with Crippen LogP contribution in [0.25, 0.3) is 53.9 Å². The second kappa shape index (κ2) is 15.8. The van der Waals surface area contributed by atoms with Gasteiger partial charge in [-0.05, 0) is 90.3 Å². The van der Waals surface area contributed by atoms with Crippen LogP contribution in [-0.2, 0) is 18.3 Å². The van der Waals surface area contributed by atoms with Gasteiger partial charge in [-0.2, -0.15) is 0 Å². The van der Waals surface area contributed by atoms with Gasteiger partial charge < -0.3 is 58.7 Å².